The van der Waals surface area contributed by atoms with Crippen molar-refractivity contribution in [2.75, 3.05) is 11.2 Å². The predicted molar refractivity (Wildman–Crippen MR) is 51.4 cm³/mol. The molecule has 1 aliphatic heterocycles. The van der Waals surface area contributed by atoms with E-state index in [2.05, 4.69) is 3.21 Å². The predicted octanol–water partition coefficient (Wildman–Crippen LogP) is 1.01. The molecule has 0 radical (unpaired) electrons. The van der Waals surface area contributed by atoms with Gasteiger partial charge in [-0.3, -0.25) is 0 Å². The van der Waals surface area contributed by atoms with E-state index in [0.717, 1.165) is 0 Å². The summed E-state index contributed by atoms with van der Waals surface area (Å²) >= 11 is -1.61. The Morgan fingerprint density at radius 3 is 2.40 bits per heavy atom. The maximum absolute atomic E-state index is 10.9. The second kappa shape index (κ2) is 2.61. The fourth-order valence-electron chi connectivity index (χ4n) is 0.637. The van der Waals surface area contributed by atoms with Crippen LogP contribution < -0.4 is 0 Å². The Morgan fingerprint density at radius 1 is 1.60 bits per heavy atom. The summed E-state index contributed by atoms with van der Waals surface area (Å²) in [6.07, 6.45) is 4.45. The van der Waals surface area contributed by atoms with E-state index in [0.29, 0.717) is 2.91 Å². The van der Waals surface area contributed by atoms with Gasteiger partial charge in [0, 0.05) is 0 Å². The van der Waals surface area contributed by atoms with Gasteiger partial charge in [0.1, 0.15) is 0 Å². The molecule has 0 aromatic heterocycles. The zero-order chi connectivity index (χ0) is 7.78. The third kappa shape index (κ3) is 1.57. The van der Waals surface area contributed by atoms with Crippen LogP contribution in [0.3, 0.4) is 0 Å². The molecule has 0 bridgehead atoms. The fraction of sp³-hybridized carbons (Fsp3) is 0.400. The van der Waals surface area contributed by atoms with Crippen molar-refractivity contribution in [3.8, 4) is 0 Å². The van der Waals surface area contributed by atoms with Gasteiger partial charge in [0.2, 0.25) is 0 Å². The van der Waals surface area contributed by atoms with Gasteiger partial charge in [-0.25, -0.2) is 0 Å². The zero-order valence-corrected chi connectivity index (χ0v) is 8.68. The van der Waals surface area contributed by atoms with E-state index in [1.807, 2.05) is 4.93 Å². The number of hydrogen-bond acceptors (Lipinski definition) is 3. The number of sulfone groups is 1. The summed E-state index contributed by atoms with van der Waals surface area (Å²) in [7, 11) is -2.95. The first-order chi connectivity index (χ1) is 4.52. The fourth-order valence-corrected chi connectivity index (χ4v) is 6.69. The summed E-state index contributed by atoms with van der Waals surface area (Å²) in [6.45, 7) is 0. The maximum atomic E-state index is 10.9. The molecule has 3 nitrogen and oxygen atoms in total. The minimum atomic E-state index is -2.95. The summed E-state index contributed by atoms with van der Waals surface area (Å²) in [5, 5.41) is 0. The number of halogens is 1. The van der Waals surface area contributed by atoms with Gasteiger partial charge in [0.25, 0.3) is 0 Å². The Balaban J connectivity index is 3.00. The molecule has 1 aliphatic rings. The average Bonchev–Trinajstić information content (AvgIpc) is 2.11. The summed E-state index contributed by atoms with van der Waals surface area (Å²) in [5.41, 5.74) is 0. The van der Waals surface area contributed by atoms with Crippen LogP contribution in [0.1, 0.15) is 0 Å². The SMILES string of the molecule is CI1N=CC=C1S(C)(=O)=O. The molecule has 0 spiro atoms. The van der Waals surface area contributed by atoms with E-state index in [1.165, 1.54) is 6.26 Å². The van der Waals surface area contributed by atoms with Crippen molar-refractivity contribution >= 4 is 36.1 Å². The Hall–Kier alpha value is 0.0900. The molecule has 0 N–H and O–H groups in total. The summed E-state index contributed by atoms with van der Waals surface area (Å²) in [4.78, 5) is 1.92. The first kappa shape index (κ1) is 8.19. The molecule has 1 rings (SSSR count). The number of hydrogen-bond donors (Lipinski definition) is 0. The van der Waals surface area contributed by atoms with Crippen LogP contribution in [0, 0.1) is 0 Å². The second-order valence-electron chi connectivity index (χ2n) is 1.93. The van der Waals surface area contributed by atoms with Crippen molar-refractivity contribution in [2.24, 2.45) is 3.21 Å². The quantitative estimate of drug-likeness (QED) is 0.528. The number of alkyl halides is 1. The standard InChI is InChI=1S/C5H8INO2S/c1-6-5(3-4-7-6)10(2,8)9/h3-4H,1-2H3. The first-order valence-electron chi connectivity index (χ1n) is 2.56. The van der Waals surface area contributed by atoms with E-state index in [-0.39, 0.29) is 0 Å². The van der Waals surface area contributed by atoms with Gasteiger partial charge in [-0.15, -0.1) is 0 Å². The van der Waals surface area contributed by atoms with Gasteiger partial charge < -0.3 is 0 Å². The summed E-state index contributed by atoms with van der Waals surface area (Å²) < 4.78 is 26.5. The van der Waals surface area contributed by atoms with Crippen molar-refractivity contribution in [2.45, 2.75) is 0 Å². The van der Waals surface area contributed by atoms with Crippen LogP contribution in [0.2, 0.25) is 0 Å². The third-order valence-electron chi connectivity index (χ3n) is 1.03. The monoisotopic (exact) mass is 273 g/mol. The summed E-state index contributed by atoms with van der Waals surface area (Å²) in [6, 6.07) is 0. The molecule has 0 unspecified atom stereocenters. The van der Waals surface area contributed by atoms with Crippen LogP contribution in [0.5, 0.6) is 0 Å². The van der Waals surface area contributed by atoms with Crippen molar-refractivity contribution in [1.82, 2.24) is 0 Å². The zero-order valence-electron chi connectivity index (χ0n) is 5.70. The first-order valence-corrected chi connectivity index (χ1v) is 8.65. The molecule has 0 aromatic carbocycles. The molecule has 0 saturated heterocycles. The molecule has 0 atom stereocenters. The van der Waals surface area contributed by atoms with Crippen LogP contribution in [0.15, 0.2) is 12.2 Å². The van der Waals surface area contributed by atoms with Crippen LogP contribution >= 0.6 is 20.1 Å². The molecule has 0 fully saturated rings. The molecule has 10 heavy (non-hydrogen) atoms. The van der Waals surface area contributed by atoms with E-state index >= 15 is 0 Å². The number of allylic oxidation sites excluding steroid dienone is 1. The number of nitrogens with zero attached hydrogens (tertiary/aromatic N) is 1. The van der Waals surface area contributed by atoms with E-state index in [1.54, 1.807) is 12.3 Å². The summed E-state index contributed by atoms with van der Waals surface area (Å²) in [5.74, 6) is 0. The molecule has 5 heteroatoms. The van der Waals surface area contributed by atoms with E-state index in [4.69, 9.17) is 0 Å². The molecule has 0 aromatic rings. The van der Waals surface area contributed by atoms with Gasteiger partial charge in [0.05, 0.1) is 0 Å². The van der Waals surface area contributed by atoms with Crippen molar-refractivity contribution in [3.05, 3.63) is 8.99 Å². The Morgan fingerprint density at radius 2 is 2.20 bits per heavy atom. The van der Waals surface area contributed by atoms with E-state index in [9.17, 15) is 8.42 Å². The Bertz CT molecular complexity index is 291. The van der Waals surface area contributed by atoms with Gasteiger partial charge in [-0.05, 0) is 0 Å². The second-order valence-corrected chi connectivity index (χ2v) is 8.89. The molecular weight excluding hydrogens is 265 g/mol. The van der Waals surface area contributed by atoms with Crippen LogP contribution in [0.4, 0.5) is 0 Å². The molecule has 0 aliphatic carbocycles. The molecule has 0 saturated carbocycles. The van der Waals surface area contributed by atoms with Gasteiger partial charge >= 0.3 is 67.9 Å². The molecular formula is C5H8INO2S. The van der Waals surface area contributed by atoms with Crippen molar-refractivity contribution < 1.29 is 8.42 Å². The number of rotatable bonds is 1. The molecule has 58 valence electrons. The van der Waals surface area contributed by atoms with Crippen LogP contribution in [0.25, 0.3) is 0 Å². The molecule has 1 heterocycles. The topological polar surface area (TPSA) is 46.5 Å². The van der Waals surface area contributed by atoms with Crippen LogP contribution in [-0.2, 0) is 9.84 Å². The Kier molecular flexibility index (Phi) is 2.14. The van der Waals surface area contributed by atoms with Crippen molar-refractivity contribution in [1.29, 1.82) is 0 Å². The van der Waals surface area contributed by atoms with E-state index < -0.39 is 29.9 Å². The Labute approximate surface area is 67.9 Å². The minimum absolute atomic E-state index is 0.566. The normalized spacial score (nSPS) is 21.4. The van der Waals surface area contributed by atoms with Gasteiger partial charge in [0.15, 0.2) is 0 Å². The molecule has 0 amide bonds. The third-order valence-corrected chi connectivity index (χ3v) is 8.83. The van der Waals surface area contributed by atoms with Crippen molar-refractivity contribution in [3.63, 3.8) is 0 Å². The van der Waals surface area contributed by atoms with Crippen LogP contribution in [-0.4, -0.2) is 25.8 Å². The van der Waals surface area contributed by atoms with Gasteiger partial charge in [-0.1, -0.05) is 0 Å². The van der Waals surface area contributed by atoms with Gasteiger partial charge in [-0.2, -0.15) is 0 Å². The average molecular weight is 273 g/mol.